The maximum Gasteiger partial charge on any atom is 0.339 e. The van der Waals surface area contributed by atoms with Crippen molar-refractivity contribution in [2.24, 2.45) is 22.6 Å². The first-order chi connectivity index (χ1) is 23.0. The number of carbonyl (C=O) groups is 2. The largest absolute Gasteiger partial charge is 0.478 e. The number of carboxylic acid groups (broad SMARTS) is 1. The molecule has 3 aliphatic heterocycles. The van der Waals surface area contributed by atoms with Crippen LogP contribution in [0.15, 0.2) is 64.7 Å². The second-order valence-electron chi connectivity index (χ2n) is 12.0. The first-order valence-electron chi connectivity index (χ1n) is 15.9. The number of rotatable bonds is 12. The number of ether oxygens (including phenoxy) is 4. The number of nitrogens with one attached hydrogen (secondary N) is 1. The second kappa shape index (κ2) is 17.1. The summed E-state index contributed by atoms with van der Waals surface area (Å²) in [4.78, 5) is 31.4. The van der Waals surface area contributed by atoms with Gasteiger partial charge in [0.1, 0.15) is 30.5 Å². The van der Waals surface area contributed by atoms with Gasteiger partial charge >= 0.3 is 11.9 Å². The molecule has 9 N–H and O–H groups in total. The summed E-state index contributed by atoms with van der Waals surface area (Å²) in [6.07, 6.45) is 2.38. The lowest BCUT2D eigenvalue weighted by atomic mass is 9.83. The number of β-amino-alcohol motifs (C(OH)–C–C–N with tert-alkyl or cyclic N) is 1. The van der Waals surface area contributed by atoms with Crippen molar-refractivity contribution in [2.45, 2.75) is 75.2 Å². The minimum absolute atomic E-state index is 0.0432. The quantitative estimate of drug-likeness (QED) is 0.0532. The summed E-state index contributed by atoms with van der Waals surface area (Å²) in [6, 6.07) is 0. The summed E-state index contributed by atoms with van der Waals surface area (Å²) in [5, 5.41) is 63.1. The maximum absolute atomic E-state index is 13.6. The summed E-state index contributed by atoms with van der Waals surface area (Å²) in [5.74, 6) is -3.59. The van der Waals surface area contributed by atoms with Crippen LogP contribution in [0.3, 0.4) is 0 Å². The van der Waals surface area contributed by atoms with E-state index in [9.17, 15) is 40.2 Å². The maximum atomic E-state index is 13.6. The summed E-state index contributed by atoms with van der Waals surface area (Å²) in [5.41, 5.74) is 6.50. The van der Waals surface area contributed by atoms with Gasteiger partial charge in [-0.25, -0.2) is 9.59 Å². The number of allylic oxidation sites excluding steroid dienone is 1. The molecule has 1 aliphatic carbocycles. The number of hydrogen-bond donors (Lipinski definition) is 8. The highest BCUT2D eigenvalue weighted by atomic mass is 16.8. The van der Waals surface area contributed by atoms with E-state index in [1.54, 1.807) is 17.1 Å². The Morgan fingerprint density at radius 2 is 1.88 bits per heavy atom. The molecule has 48 heavy (non-hydrogen) atoms. The number of aliphatic hydroxyl groups is 5. The van der Waals surface area contributed by atoms with Crippen LogP contribution in [0.2, 0.25) is 0 Å². The van der Waals surface area contributed by atoms with Crippen molar-refractivity contribution in [3.63, 3.8) is 0 Å². The van der Waals surface area contributed by atoms with Crippen LogP contribution in [-0.4, -0.2) is 130 Å². The van der Waals surface area contributed by atoms with Crippen LogP contribution >= 0.6 is 0 Å². The fourth-order valence-corrected chi connectivity index (χ4v) is 6.08. The highest BCUT2D eigenvalue weighted by Gasteiger charge is 2.47. The molecule has 0 aromatic rings. The van der Waals surface area contributed by atoms with Crippen LogP contribution in [0.1, 0.15) is 32.1 Å². The van der Waals surface area contributed by atoms with Crippen LogP contribution in [0, 0.1) is 11.8 Å². The molecule has 16 heteroatoms. The summed E-state index contributed by atoms with van der Waals surface area (Å²) in [7, 11) is 1.44. The van der Waals surface area contributed by atoms with Gasteiger partial charge in [0, 0.05) is 32.3 Å². The van der Waals surface area contributed by atoms with Crippen LogP contribution in [-0.2, 0) is 28.5 Å². The van der Waals surface area contributed by atoms with E-state index in [0.29, 0.717) is 5.57 Å². The van der Waals surface area contributed by atoms with E-state index in [1.807, 2.05) is 0 Å². The van der Waals surface area contributed by atoms with Crippen LogP contribution < -0.4 is 11.1 Å². The van der Waals surface area contributed by atoms with Gasteiger partial charge < -0.3 is 65.5 Å². The van der Waals surface area contributed by atoms with E-state index >= 15 is 0 Å². The number of carbonyl (C=O) groups excluding carboxylic acids is 1. The van der Waals surface area contributed by atoms with Crippen molar-refractivity contribution in [3.8, 4) is 0 Å². The zero-order valence-electron chi connectivity index (χ0n) is 26.8. The highest BCUT2D eigenvalue weighted by Crippen LogP contribution is 2.37. The molecule has 0 amide bonds. The molecule has 0 aromatic heterocycles. The van der Waals surface area contributed by atoms with E-state index in [1.165, 1.54) is 25.6 Å². The number of nitrogens with two attached hydrogens (primary N) is 1. The van der Waals surface area contributed by atoms with Gasteiger partial charge in [-0.2, -0.15) is 0 Å². The Kier molecular flexibility index (Phi) is 13.2. The molecule has 8 atom stereocenters. The minimum Gasteiger partial charge on any atom is -0.478 e. The third-order valence-electron chi connectivity index (χ3n) is 8.76. The smallest absolute Gasteiger partial charge is 0.339 e. The molecule has 1 saturated carbocycles. The van der Waals surface area contributed by atoms with E-state index in [-0.39, 0.29) is 48.6 Å². The molecular weight excluding hydrogens is 632 g/mol. The Morgan fingerprint density at radius 3 is 2.50 bits per heavy atom. The number of aliphatic carboxylic acids is 1. The Hall–Kier alpha value is -3.77. The number of carboxylic acids is 1. The molecule has 8 unspecified atom stereocenters. The average molecular weight is 679 g/mol. The van der Waals surface area contributed by atoms with Gasteiger partial charge in [-0.15, -0.1) is 6.58 Å². The fraction of sp³-hybridized carbons (Fsp3) is 0.594. The van der Waals surface area contributed by atoms with Crippen molar-refractivity contribution in [1.82, 2.24) is 10.2 Å². The Bertz CT molecular complexity index is 1320. The SMILES string of the molecule is C=CC1C(OC2OC(CO)C(O)C(O)C2O)OC=C(C(=O)OC2CCCCC2)C1C=CC1=C(NC(N)=NC)C(C(=O)O)=CN(CCO)C1. The molecule has 0 spiro atoms. The third kappa shape index (κ3) is 8.63. The monoisotopic (exact) mass is 678 g/mol. The highest BCUT2D eigenvalue weighted by molar-refractivity contribution is 5.95. The number of hydrogen-bond acceptors (Lipinski definition) is 13. The molecular formula is C32H46N4O12. The zero-order chi connectivity index (χ0) is 35.0. The first-order valence-corrected chi connectivity index (χ1v) is 15.9. The predicted molar refractivity (Wildman–Crippen MR) is 169 cm³/mol. The third-order valence-corrected chi connectivity index (χ3v) is 8.76. The number of esters is 1. The van der Waals surface area contributed by atoms with E-state index < -0.39 is 67.4 Å². The Balaban J connectivity index is 1.72. The van der Waals surface area contributed by atoms with Crippen LogP contribution in [0.5, 0.6) is 0 Å². The molecule has 0 aromatic carbocycles. The van der Waals surface area contributed by atoms with Crippen LogP contribution in [0.4, 0.5) is 0 Å². The summed E-state index contributed by atoms with van der Waals surface area (Å²) in [6.45, 7) is 3.30. The van der Waals surface area contributed by atoms with E-state index in [0.717, 1.165) is 32.1 Å². The Morgan fingerprint density at radius 1 is 1.15 bits per heavy atom. The van der Waals surface area contributed by atoms with Gasteiger partial charge in [0.05, 0.1) is 42.2 Å². The van der Waals surface area contributed by atoms with Gasteiger partial charge in [0.2, 0.25) is 6.29 Å². The number of aliphatic hydroxyl groups excluding tert-OH is 5. The molecule has 266 valence electrons. The standard InChI is InChI=1S/C32H46N4O12/c1-3-19-20(10-9-17-13-36(11-12-37)14-21(28(42)43)24(17)35-32(33)34-2)22(29(44)46-18-7-5-4-6-8-18)16-45-30(19)48-31-27(41)26(40)25(39)23(15-38)47-31/h3,9-10,14,16,18-20,23,25-27,30-31,37-41H,1,4-8,11-13,15H2,2H3,(H,42,43)(H3,33,34,35). The van der Waals surface area contributed by atoms with Crippen molar-refractivity contribution in [3.05, 3.63) is 59.7 Å². The molecule has 4 rings (SSSR count). The first kappa shape index (κ1) is 37.1. The lowest BCUT2D eigenvalue weighted by Crippen LogP contribution is -2.60. The van der Waals surface area contributed by atoms with Gasteiger partial charge in [-0.1, -0.05) is 24.6 Å². The van der Waals surface area contributed by atoms with E-state index in [2.05, 4.69) is 16.9 Å². The van der Waals surface area contributed by atoms with Crippen molar-refractivity contribution >= 4 is 17.9 Å². The lowest BCUT2D eigenvalue weighted by molar-refractivity contribution is -0.338. The van der Waals surface area contributed by atoms with Crippen LogP contribution in [0.25, 0.3) is 0 Å². The van der Waals surface area contributed by atoms with Gasteiger partial charge in [-0.3, -0.25) is 4.99 Å². The average Bonchev–Trinajstić information content (AvgIpc) is 3.08. The van der Waals surface area contributed by atoms with Crippen molar-refractivity contribution in [1.29, 1.82) is 0 Å². The Labute approximate surface area is 278 Å². The number of guanidine groups is 1. The van der Waals surface area contributed by atoms with Crippen molar-refractivity contribution in [2.75, 3.05) is 33.4 Å². The minimum atomic E-state index is -1.71. The molecule has 0 radical (unpaired) electrons. The molecule has 16 nitrogen and oxygen atoms in total. The van der Waals surface area contributed by atoms with Gasteiger partial charge in [0.25, 0.3) is 0 Å². The zero-order valence-corrected chi connectivity index (χ0v) is 26.8. The summed E-state index contributed by atoms with van der Waals surface area (Å²) < 4.78 is 23.1. The second-order valence-corrected chi connectivity index (χ2v) is 12.0. The topological polar surface area (TPSA) is 246 Å². The molecule has 1 saturated heterocycles. The predicted octanol–water partition coefficient (Wildman–Crippen LogP) is -1.04. The number of nitrogens with zero attached hydrogens (tertiary/aromatic N) is 2. The summed E-state index contributed by atoms with van der Waals surface area (Å²) >= 11 is 0. The molecule has 3 heterocycles. The fourth-order valence-electron chi connectivity index (χ4n) is 6.08. The normalized spacial score (nSPS) is 32.0. The van der Waals surface area contributed by atoms with Crippen molar-refractivity contribution < 1.29 is 59.2 Å². The van der Waals surface area contributed by atoms with E-state index in [4.69, 9.17) is 24.7 Å². The molecule has 2 fully saturated rings. The molecule has 4 aliphatic rings. The number of aliphatic imine (C=N–C) groups is 1. The lowest BCUT2D eigenvalue weighted by Gasteiger charge is -2.42. The molecule has 0 bridgehead atoms. The van der Waals surface area contributed by atoms with Gasteiger partial charge in [0.15, 0.2) is 12.2 Å². The van der Waals surface area contributed by atoms with Gasteiger partial charge in [-0.05, 0) is 31.3 Å².